The van der Waals surface area contributed by atoms with Gasteiger partial charge in [0, 0.05) is 0 Å². The third kappa shape index (κ3) is 4.32. The Morgan fingerprint density at radius 3 is 2.74 bits per heavy atom. The van der Waals surface area contributed by atoms with E-state index in [-0.39, 0.29) is 17.9 Å². The van der Waals surface area contributed by atoms with E-state index in [9.17, 15) is 14.0 Å². The first kappa shape index (κ1) is 16.5. The SMILES string of the molecule is COc1ccc(C(=O)O[C@@H](C)C(=O)NCc2ccco2)cc1F. The fourth-order valence-electron chi connectivity index (χ4n) is 1.81. The van der Waals surface area contributed by atoms with Crippen LogP contribution < -0.4 is 10.1 Å². The topological polar surface area (TPSA) is 77.8 Å². The highest BCUT2D eigenvalue weighted by atomic mass is 19.1. The average Bonchev–Trinajstić information content (AvgIpc) is 3.05. The van der Waals surface area contributed by atoms with Crippen molar-refractivity contribution < 1.29 is 27.9 Å². The lowest BCUT2D eigenvalue weighted by Gasteiger charge is -2.13. The number of benzene rings is 1. The number of methoxy groups -OCH3 is 1. The van der Waals surface area contributed by atoms with Gasteiger partial charge in [-0.2, -0.15) is 0 Å². The second-order valence-electron chi connectivity index (χ2n) is 4.69. The van der Waals surface area contributed by atoms with Crippen molar-refractivity contribution in [3.05, 3.63) is 53.7 Å². The monoisotopic (exact) mass is 321 g/mol. The number of rotatable bonds is 6. The Kier molecular flexibility index (Phi) is 5.35. The first-order valence-electron chi connectivity index (χ1n) is 6.86. The Bertz CT molecular complexity index is 684. The number of halogens is 1. The van der Waals surface area contributed by atoms with Gasteiger partial charge in [-0.25, -0.2) is 9.18 Å². The van der Waals surface area contributed by atoms with E-state index in [0.717, 1.165) is 6.07 Å². The maximum atomic E-state index is 13.6. The van der Waals surface area contributed by atoms with Gasteiger partial charge in [0.2, 0.25) is 0 Å². The number of amides is 1. The molecule has 6 nitrogen and oxygen atoms in total. The highest BCUT2D eigenvalue weighted by Crippen LogP contribution is 2.18. The van der Waals surface area contributed by atoms with Crippen LogP contribution in [0.3, 0.4) is 0 Å². The molecule has 7 heteroatoms. The fourth-order valence-corrected chi connectivity index (χ4v) is 1.81. The Morgan fingerprint density at radius 2 is 2.13 bits per heavy atom. The number of esters is 1. The fraction of sp³-hybridized carbons (Fsp3) is 0.250. The molecule has 0 spiro atoms. The molecule has 0 fully saturated rings. The third-order valence-corrected chi connectivity index (χ3v) is 3.06. The Hall–Kier alpha value is -2.83. The van der Waals surface area contributed by atoms with E-state index in [1.165, 1.54) is 32.4 Å². The molecule has 1 aromatic heterocycles. The van der Waals surface area contributed by atoms with Crippen LogP contribution in [0.1, 0.15) is 23.0 Å². The minimum atomic E-state index is -1.03. The van der Waals surface area contributed by atoms with Gasteiger partial charge in [-0.05, 0) is 37.3 Å². The van der Waals surface area contributed by atoms with Crippen molar-refractivity contribution in [1.82, 2.24) is 5.32 Å². The minimum absolute atomic E-state index is 0.00557. The number of carbonyl (C=O) groups is 2. The van der Waals surface area contributed by atoms with Crippen LogP contribution in [-0.2, 0) is 16.1 Å². The van der Waals surface area contributed by atoms with Crippen LogP contribution in [0.4, 0.5) is 4.39 Å². The normalized spacial score (nSPS) is 11.6. The molecule has 122 valence electrons. The van der Waals surface area contributed by atoms with Crippen LogP contribution in [0.5, 0.6) is 5.75 Å². The van der Waals surface area contributed by atoms with E-state index in [0.29, 0.717) is 5.76 Å². The highest BCUT2D eigenvalue weighted by Gasteiger charge is 2.20. The summed E-state index contributed by atoms with van der Waals surface area (Å²) < 4.78 is 28.4. The maximum Gasteiger partial charge on any atom is 0.339 e. The molecule has 0 saturated heterocycles. The molecule has 1 heterocycles. The molecule has 23 heavy (non-hydrogen) atoms. The van der Waals surface area contributed by atoms with Gasteiger partial charge in [0.25, 0.3) is 5.91 Å². The molecule has 0 bridgehead atoms. The summed E-state index contributed by atoms with van der Waals surface area (Å²) in [4.78, 5) is 23.8. The van der Waals surface area contributed by atoms with E-state index < -0.39 is 23.8 Å². The average molecular weight is 321 g/mol. The van der Waals surface area contributed by atoms with Crippen LogP contribution in [0.15, 0.2) is 41.0 Å². The molecular weight excluding hydrogens is 305 g/mol. The van der Waals surface area contributed by atoms with Gasteiger partial charge in [0.15, 0.2) is 17.7 Å². The molecule has 0 aliphatic rings. The summed E-state index contributed by atoms with van der Waals surface area (Å²) in [6.45, 7) is 1.61. The molecular formula is C16H16FNO5. The lowest BCUT2D eigenvalue weighted by molar-refractivity contribution is -0.129. The van der Waals surface area contributed by atoms with E-state index in [2.05, 4.69) is 5.32 Å². The van der Waals surface area contributed by atoms with Crippen LogP contribution in [0, 0.1) is 5.82 Å². The first-order chi connectivity index (χ1) is 11.0. The number of ether oxygens (including phenoxy) is 2. The Balaban J connectivity index is 1.90. The van der Waals surface area contributed by atoms with Crippen molar-refractivity contribution in [3.8, 4) is 5.75 Å². The second kappa shape index (κ2) is 7.44. The Labute approximate surface area is 132 Å². The molecule has 1 N–H and O–H groups in total. The van der Waals surface area contributed by atoms with Gasteiger partial charge in [-0.1, -0.05) is 0 Å². The molecule has 0 unspecified atom stereocenters. The number of hydrogen-bond acceptors (Lipinski definition) is 5. The quantitative estimate of drug-likeness (QED) is 0.826. The zero-order valence-corrected chi connectivity index (χ0v) is 12.7. The Morgan fingerprint density at radius 1 is 1.35 bits per heavy atom. The molecule has 0 aliphatic carbocycles. The molecule has 1 aromatic carbocycles. The third-order valence-electron chi connectivity index (χ3n) is 3.06. The van der Waals surface area contributed by atoms with E-state index in [4.69, 9.17) is 13.9 Å². The summed E-state index contributed by atoms with van der Waals surface area (Å²) in [5.74, 6) is -1.37. The summed E-state index contributed by atoms with van der Waals surface area (Å²) in [6.07, 6.45) is 0.464. The lowest BCUT2D eigenvalue weighted by Crippen LogP contribution is -2.35. The zero-order chi connectivity index (χ0) is 16.8. The van der Waals surface area contributed by atoms with Crippen LogP contribution >= 0.6 is 0 Å². The molecule has 0 aliphatic heterocycles. The first-order valence-corrected chi connectivity index (χ1v) is 6.86. The van der Waals surface area contributed by atoms with Crippen LogP contribution in [0.2, 0.25) is 0 Å². The number of nitrogens with one attached hydrogen (secondary N) is 1. The predicted molar refractivity (Wildman–Crippen MR) is 78.4 cm³/mol. The van der Waals surface area contributed by atoms with Gasteiger partial charge in [-0.3, -0.25) is 4.79 Å². The van der Waals surface area contributed by atoms with E-state index in [1.54, 1.807) is 12.1 Å². The summed E-state index contributed by atoms with van der Waals surface area (Å²) in [6, 6.07) is 7.07. The smallest absolute Gasteiger partial charge is 0.339 e. The molecule has 0 radical (unpaired) electrons. The van der Waals surface area contributed by atoms with Crippen molar-refractivity contribution in [1.29, 1.82) is 0 Å². The maximum absolute atomic E-state index is 13.6. The molecule has 1 atom stereocenters. The van der Waals surface area contributed by atoms with E-state index in [1.807, 2.05) is 0 Å². The molecule has 1 amide bonds. The van der Waals surface area contributed by atoms with Gasteiger partial charge in [0.1, 0.15) is 5.76 Å². The molecule has 2 aromatic rings. The number of hydrogen-bond donors (Lipinski definition) is 1. The van der Waals surface area contributed by atoms with Crippen molar-refractivity contribution in [3.63, 3.8) is 0 Å². The summed E-state index contributed by atoms with van der Waals surface area (Å²) in [5.41, 5.74) is -0.00557. The minimum Gasteiger partial charge on any atom is -0.494 e. The summed E-state index contributed by atoms with van der Waals surface area (Å²) >= 11 is 0. The number of carbonyl (C=O) groups excluding carboxylic acids is 2. The van der Waals surface area contributed by atoms with Crippen molar-refractivity contribution >= 4 is 11.9 Å². The van der Waals surface area contributed by atoms with Crippen molar-refractivity contribution in [2.45, 2.75) is 19.6 Å². The number of furan rings is 1. The summed E-state index contributed by atoms with van der Waals surface area (Å²) in [5, 5.41) is 2.57. The van der Waals surface area contributed by atoms with Gasteiger partial charge in [-0.15, -0.1) is 0 Å². The zero-order valence-electron chi connectivity index (χ0n) is 12.7. The highest BCUT2D eigenvalue weighted by molar-refractivity contribution is 5.92. The van der Waals surface area contributed by atoms with Gasteiger partial charge < -0.3 is 19.2 Å². The second-order valence-corrected chi connectivity index (χ2v) is 4.69. The van der Waals surface area contributed by atoms with Gasteiger partial charge >= 0.3 is 5.97 Å². The summed E-state index contributed by atoms with van der Waals surface area (Å²) in [7, 11) is 1.32. The van der Waals surface area contributed by atoms with Crippen LogP contribution in [-0.4, -0.2) is 25.1 Å². The van der Waals surface area contributed by atoms with Crippen molar-refractivity contribution in [2.24, 2.45) is 0 Å². The lowest BCUT2D eigenvalue weighted by atomic mass is 10.2. The van der Waals surface area contributed by atoms with E-state index >= 15 is 0 Å². The molecule has 2 rings (SSSR count). The largest absolute Gasteiger partial charge is 0.494 e. The van der Waals surface area contributed by atoms with Crippen molar-refractivity contribution in [2.75, 3.05) is 7.11 Å². The molecule has 0 saturated carbocycles. The standard InChI is InChI=1S/C16H16FNO5/c1-10(15(19)18-9-12-4-3-7-22-12)23-16(20)11-5-6-14(21-2)13(17)8-11/h3-8,10H,9H2,1-2H3,(H,18,19)/t10-/m0/s1. The van der Waals surface area contributed by atoms with Gasteiger partial charge in [0.05, 0.1) is 25.5 Å². The predicted octanol–water partition coefficient (Wildman–Crippen LogP) is 2.29. The van der Waals surface area contributed by atoms with Crippen LogP contribution in [0.25, 0.3) is 0 Å².